The summed E-state index contributed by atoms with van der Waals surface area (Å²) in [7, 11) is 0. The molecule has 30 heavy (non-hydrogen) atoms. The molecule has 0 heteroatoms. The van der Waals surface area contributed by atoms with E-state index in [1.165, 1.54) is 44.1 Å². The van der Waals surface area contributed by atoms with Gasteiger partial charge in [-0.3, -0.25) is 0 Å². The van der Waals surface area contributed by atoms with Crippen molar-refractivity contribution in [3.05, 3.63) is 60.8 Å². The molecule has 6 atom stereocenters. The van der Waals surface area contributed by atoms with Crippen molar-refractivity contribution in [1.82, 2.24) is 0 Å². The zero-order chi connectivity index (χ0) is 22.5. The Kier molecular flexibility index (Phi) is 13.1. The number of rotatable bonds is 14. The lowest BCUT2D eigenvalue weighted by molar-refractivity contribution is 0.261. The highest BCUT2D eigenvalue weighted by Gasteiger charge is 2.30. The highest BCUT2D eigenvalue weighted by Crippen LogP contribution is 2.42. The summed E-state index contributed by atoms with van der Waals surface area (Å²) in [6, 6.07) is 0. The SMILES string of the molecule is C=CCC=CC(C)C=C(C)C1CCCC1CC(CC)CC(C)C(C)C=C(C=C)CC. The summed E-state index contributed by atoms with van der Waals surface area (Å²) in [4.78, 5) is 0. The first kappa shape index (κ1) is 26.7. The quantitative estimate of drug-likeness (QED) is 0.197. The van der Waals surface area contributed by atoms with Crippen LogP contribution in [-0.4, -0.2) is 0 Å². The maximum Gasteiger partial charge on any atom is -0.00791 e. The summed E-state index contributed by atoms with van der Waals surface area (Å²) in [5.41, 5.74) is 3.03. The lowest BCUT2D eigenvalue weighted by Crippen LogP contribution is -2.18. The molecule has 1 aliphatic rings. The maximum atomic E-state index is 3.97. The van der Waals surface area contributed by atoms with Crippen LogP contribution in [0.25, 0.3) is 0 Å². The molecule has 1 aliphatic carbocycles. The topological polar surface area (TPSA) is 0 Å². The summed E-state index contributed by atoms with van der Waals surface area (Å²) in [6.07, 6.45) is 23.9. The van der Waals surface area contributed by atoms with Crippen LogP contribution in [0.2, 0.25) is 0 Å². The van der Waals surface area contributed by atoms with Crippen LogP contribution in [0.4, 0.5) is 0 Å². The number of hydrogen-bond donors (Lipinski definition) is 0. The van der Waals surface area contributed by atoms with Gasteiger partial charge in [0.1, 0.15) is 0 Å². The van der Waals surface area contributed by atoms with Crippen molar-refractivity contribution in [3.63, 3.8) is 0 Å². The van der Waals surface area contributed by atoms with E-state index in [1.54, 1.807) is 5.57 Å². The van der Waals surface area contributed by atoms with E-state index >= 15 is 0 Å². The van der Waals surface area contributed by atoms with E-state index in [4.69, 9.17) is 0 Å². The van der Waals surface area contributed by atoms with Crippen LogP contribution in [0.1, 0.15) is 92.9 Å². The van der Waals surface area contributed by atoms with Gasteiger partial charge in [-0.1, -0.05) is 102 Å². The van der Waals surface area contributed by atoms with E-state index in [0.717, 1.165) is 36.5 Å². The summed E-state index contributed by atoms with van der Waals surface area (Å²) in [6.45, 7) is 22.0. The molecule has 0 amide bonds. The molecule has 6 unspecified atom stereocenters. The van der Waals surface area contributed by atoms with Gasteiger partial charge in [-0.15, -0.1) is 6.58 Å². The first-order chi connectivity index (χ1) is 14.4. The van der Waals surface area contributed by atoms with E-state index in [1.807, 2.05) is 12.2 Å². The fraction of sp³-hybridized carbons (Fsp3) is 0.667. The third-order valence-electron chi connectivity index (χ3n) is 7.48. The van der Waals surface area contributed by atoms with E-state index in [9.17, 15) is 0 Å². The summed E-state index contributed by atoms with van der Waals surface area (Å²) in [5.74, 6) is 4.44. The number of hydrogen-bond acceptors (Lipinski definition) is 0. The second kappa shape index (κ2) is 14.7. The molecule has 0 N–H and O–H groups in total. The van der Waals surface area contributed by atoms with Gasteiger partial charge >= 0.3 is 0 Å². The highest BCUT2D eigenvalue weighted by molar-refractivity contribution is 5.16. The van der Waals surface area contributed by atoms with E-state index in [2.05, 4.69) is 79.0 Å². The van der Waals surface area contributed by atoms with Crippen LogP contribution in [0.15, 0.2) is 60.8 Å². The standard InChI is InChI=1S/C30H50/c1-9-13-14-16-23(5)19-26(8)30-18-15-17-29(30)22-28(12-4)21-25(7)24(6)20-27(10-2)11-3/h9-10,14,16,19-20,23-25,28-30H,1-2,11-13,15,17-18,21-22H2,3-8H3. The van der Waals surface area contributed by atoms with Gasteiger partial charge in [-0.05, 0) is 81.0 Å². The minimum atomic E-state index is 0.526. The van der Waals surface area contributed by atoms with E-state index in [0.29, 0.717) is 11.8 Å². The van der Waals surface area contributed by atoms with Crippen LogP contribution in [-0.2, 0) is 0 Å². The first-order valence-corrected chi connectivity index (χ1v) is 12.6. The lowest BCUT2D eigenvalue weighted by atomic mass is 9.77. The highest BCUT2D eigenvalue weighted by atomic mass is 14.4. The Hall–Kier alpha value is -1.30. The van der Waals surface area contributed by atoms with Gasteiger partial charge in [0.15, 0.2) is 0 Å². The number of allylic oxidation sites excluding steroid dienone is 8. The van der Waals surface area contributed by atoms with Crippen LogP contribution in [0.5, 0.6) is 0 Å². The Morgan fingerprint density at radius 1 is 1.07 bits per heavy atom. The van der Waals surface area contributed by atoms with Gasteiger partial charge in [-0.2, -0.15) is 0 Å². The molecule has 1 rings (SSSR count). The van der Waals surface area contributed by atoms with Gasteiger partial charge in [0.25, 0.3) is 0 Å². The van der Waals surface area contributed by atoms with Crippen molar-refractivity contribution < 1.29 is 0 Å². The largest absolute Gasteiger partial charge is 0.103 e. The Morgan fingerprint density at radius 3 is 2.40 bits per heavy atom. The van der Waals surface area contributed by atoms with Crippen molar-refractivity contribution in [2.24, 2.45) is 35.5 Å². The Bertz CT molecular complexity index is 587. The van der Waals surface area contributed by atoms with Gasteiger partial charge in [0.2, 0.25) is 0 Å². The van der Waals surface area contributed by atoms with Crippen LogP contribution >= 0.6 is 0 Å². The molecule has 0 aromatic heterocycles. The monoisotopic (exact) mass is 410 g/mol. The summed E-state index contributed by atoms with van der Waals surface area (Å²) >= 11 is 0. The van der Waals surface area contributed by atoms with Gasteiger partial charge in [0.05, 0.1) is 0 Å². The van der Waals surface area contributed by atoms with Crippen LogP contribution in [0, 0.1) is 35.5 Å². The van der Waals surface area contributed by atoms with E-state index in [-0.39, 0.29) is 0 Å². The van der Waals surface area contributed by atoms with Crippen molar-refractivity contribution >= 4 is 0 Å². The van der Waals surface area contributed by atoms with Crippen molar-refractivity contribution in [2.75, 3.05) is 0 Å². The molecule has 0 nitrogen and oxygen atoms in total. The fourth-order valence-electron chi connectivity index (χ4n) is 5.33. The fourth-order valence-corrected chi connectivity index (χ4v) is 5.33. The van der Waals surface area contributed by atoms with Gasteiger partial charge < -0.3 is 0 Å². The molecule has 0 aromatic rings. The Balaban J connectivity index is 2.72. The molecule has 0 bridgehead atoms. The average Bonchev–Trinajstić information content (AvgIpc) is 3.19. The Labute approximate surface area is 189 Å². The second-order valence-electron chi connectivity index (χ2n) is 9.90. The Morgan fingerprint density at radius 2 is 1.80 bits per heavy atom. The molecule has 0 saturated heterocycles. The molecule has 1 fully saturated rings. The molecule has 0 aromatic carbocycles. The third kappa shape index (κ3) is 9.23. The van der Waals surface area contributed by atoms with Gasteiger partial charge in [-0.25, -0.2) is 0 Å². The van der Waals surface area contributed by atoms with Crippen molar-refractivity contribution in [3.8, 4) is 0 Å². The molecule has 0 heterocycles. The minimum absolute atomic E-state index is 0.526. The van der Waals surface area contributed by atoms with Crippen molar-refractivity contribution in [1.29, 1.82) is 0 Å². The normalized spacial score (nSPS) is 24.6. The molecule has 0 radical (unpaired) electrons. The zero-order valence-corrected chi connectivity index (χ0v) is 21.0. The second-order valence-corrected chi connectivity index (χ2v) is 9.90. The molecular weight excluding hydrogens is 360 g/mol. The maximum absolute atomic E-state index is 3.97. The van der Waals surface area contributed by atoms with Crippen molar-refractivity contribution in [2.45, 2.75) is 92.9 Å². The summed E-state index contributed by atoms with van der Waals surface area (Å²) < 4.78 is 0. The lowest BCUT2D eigenvalue weighted by Gasteiger charge is -2.29. The van der Waals surface area contributed by atoms with Gasteiger partial charge in [0, 0.05) is 0 Å². The molecule has 0 aliphatic heterocycles. The first-order valence-electron chi connectivity index (χ1n) is 12.6. The average molecular weight is 411 g/mol. The molecule has 170 valence electrons. The smallest absolute Gasteiger partial charge is 0.00791 e. The molecular formula is C30H50. The summed E-state index contributed by atoms with van der Waals surface area (Å²) in [5, 5.41) is 0. The zero-order valence-electron chi connectivity index (χ0n) is 21.0. The minimum Gasteiger partial charge on any atom is -0.103 e. The predicted octanol–water partition coefficient (Wildman–Crippen LogP) is 9.72. The van der Waals surface area contributed by atoms with E-state index < -0.39 is 0 Å². The third-order valence-corrected chi connectivity index (χ3v) is 7.48. The van der Waals surface area contributed by atoms with Crippen LogP contribution < -0.4 is 0 Å². The van der Waals surface area contributed by atoms with Crippen LogP contribution in [0.3, 0.4) is 0 Å². The predicted molar refractivity (Wildman–Crippen MR) is 138 cm³/mol. The molecule has 1 saturated carbocycles. The molecule has 0 spiro atoms.